The highest BCUT2D eigenvalue weighted by Crippen LogP contribution is 2.31. The molecular weight excluding hydrogens is 380 g/mol. The van der Waals surface area contributed by atoms with Gasteiger partial charge in [-0.15, -0.1) is 11.3 Å². The Morgan fingerprint density at radius 2 is 1.76 bits per heavy atom. The third-order valence-corrected chi connectivity index (χ3v) is 6.18. The highest BCUT2D eigenvalue weighted by Gasteiger charge is 2.16. The first kappa shape index (κ1) is 19.3. The lowest BCUT2D eigenvalue weighted by Crippen LogP contribution is -2.27. The molecule has 146 valence electrons. The highest BCUT2D eigenvalue weighted by molar-refractivity contribution is 7.21. The molecule has 0 aliphatic carbocycles. The molecule has 0 amide bonds. The van der Waals surface area contributed by atoms with Crippen LogP contribution < -0.4 is 5.56 Å². The highest BCUT2D eigenvalue weighted by atomic mass is 32.1. The summed E-state index contributed by atoms with van der Waals surface area (Å²) in [6, 6.07) is 19.4. The molecule has 29 heavy (non-hydrogen) atoms. The van der Waals surface area contributed by atoms with E-state index in [1.807, 2.05) is 60.7 Å². The molecule has 0 atom stereocenters. The van der Waals surface area contributed by atoms with Crippen LogP contribution in [0.3, 0.4) is 0 Å². The summed E-state index contributed by atoms with van der Waals surface area (Å²) in [6.45, 7) is 6.00. The molecule has 0 spiro atoms. The van der Waals surface area contributed by atoms with Crippen LogP contribution in [-0.4, -0.2) is 15.3 Å². The maximum atomic E-state index is 13.1. The Hall–Kier alpha value is -3.05. The van der Waals surface area contributed by atoms with Crippen molar-refractivity contribution >= 4 is 27.3 Å². The summed E-state index contributed by atoms with van der Waals surface area (Å²) < 4.78 is 1.47. The van der Waals surface area contributed by atoms with Crippen molar-refractivity contribution in [2.75, 3.05) is 0 Å². The summed E-state index contributed by atoms with van der Waals surface area (Å²) in [7, 11) is 0. The Morgan fingerprint density at radius 3 is 2.41 bits per heavy atom. The lowest BCUT2D eigenvalue weighted by atomic mass is 10.0. The second-order valence-electron chi connectivity index (χ2n) is 7.45. The van der Waals surface area contributed by atoms with Gasteiger partial charge in [-0.2, -0.15) is 0 Å². The van der Waals surface area contributed by atoms with E-state index in [-0.39, 0.29) is 17.9 Å². The lowest BCUT2D eigenvalue weighted by Gasteiger charge is -2.10. The number of Topliss-reactive ketones (excluding diaryl/α,β-unsaturated/α-hetero) is 1. The van der Waals surface area contributed by atoms with Crippen molar-refractivity contribution in [1.82, 2.24) is 9.55 Å². The van der Waals surface area contributed by atoms with Gasteiger partial charge < -0.3 is 0 Å². The molecule has 4 aromatic rings. The minimum absolute atomic E-state index is 0.00878. The normalized spacial score (nSPS) is 11.3. The van der Waals surface area contributed by atoms with Crippen LogP contribution in [0.25, 0.3) is 20.7 Å². The smallest absolute Gasteiger partial charge is 0.262 e. The van der Waals surface area contributed by atoms with Gasteiger partial charge in [0, 0.05) is 10.4 Å². The Kier molecular flexibility index (Phi) is 5.16. The number of hydrogen-bond acceptors (Lipinski definition) is 4. The third-order valence-electron chi connectivity index (χ3n) is 5.10. The quantitative estimate of drug-likeness (QED) is 0.418. The van der Waals surface area contributed by atoms with E-state index < -0.39 is 0 Å². The van der Waals surface area contributed by atoms with Gasteiger partial charge in [0.2, 0.25) is 0 Å². The van der Waals surface area contributed by atoms with E-state index in [2.05, 4.69) is 18.8 Å². The zero-order valence-electron chi connectivity index (χ0n) is 16.7. The van der Waals surface area contributed by atoms with Crippen molar-refractivity contribution in [2.45, 2.75) is 33.2 Å². The van der Waals surface area contributed by atoms with Gasteiger partial charge >= 0.3 is 0 Å². The Labute approximate surface area is 173 Å². The number of aryl methyl sites for hydroxylation is 1. The van der Waals surface area contributed by atoms with Crippen molar-refractivity contribution in [3.8, 4) is 10.4 Å². The molecular formula is C24H22N2O2S. The van der Waals surface area contributed by atoms with Crippen LogP contribution in [0, 0.1) is 6.92 Å². The average molecular weight is 403 g/mol. The van der Waals surface area contributed by atoms with Crippen LogP contribution in [0.4, 0.5) is 0 Å². The number of carbonyl (C=O) groups is 1. The summed E-state index contributed by atoms with van der Waals surface area (Å²) >= 11 is 1.50. The van der Waals surface area contributed by atoms with Crippen molar-refractivity contribution < 1.29 is 4.79 Å². The molecule has 2 aromatic heterocycles. The van der Waals surface area contributed by atoms with Crippen molar-refractivity contribution in [3.05, 3.63) is 88.0 Å². The fraction of sp³-hybridized carbons (Fsp3) is 0.208. The zero-order valence-corrected chi connectivity index (χ0v) is 17.5. The maximum Gasteiger partial charge on any atom is 0.262 e. The summed E-state index contributed by atoms with van der Waals surface area (Å²) in [6.07, 6.45) is 0. The molecule has 0 bridgehead atoms. The van der Waals surface area contributed by atoms with Gasteiger partial charge in [0.15, 0.2) is 5.78 Å². The number of aromatic nitrogens is 2. The van der Waals surface area contributed by atoms with E-state index in [1.165, 1.54) is 21.5 Å². The monoisotopic (exact) mass is 402 g/mol. The predicted molar refractivity (Wildman–Crippen MR) is 119 cm³/mol. The van der Waals surface area contributed by atoms with Crippen LogP contribution in [0.1, 0.15) is 41.5 Å². The molecule has 0 aliphatic heterocycles. The van der Waals surface area contributed by atoms with Crippen LogP contribution >= 0.6 is 11.3 Å². The van der Waals surface area contributed by atoms with Crippen molar-refractivity contribution in [3.63, 3.8) is 0 Å². The van der Waals surface area contributed by atoms with E-state index in [9.17, 15) is 9.59 Å². The van der Waals surface area contributed by atoms with Crippen LogP contribution in [0.5, 0.6) is 0 Å². The first-order valence-electron chi connectivity index (χ1n) is 9.63. The number of hydrogen-bond donors (Lipinski definition) is 0. The number of nitrogens with zero attached hydrogens (tertiary/aromatic N) is 2. The number of fused-ring (bicyclic) bond motifs is 1. The first-order valence-corrected chi connectivity index (χ1v) is 10.4. The summed E-state index contributed by atoms with van der Waals surface area (Å²) in [4.78, 5) is 32.2. The number of ketones is 1. The Morgan fingerprint density at radius 1 is 1.07 bits per heavy atom. The minimum Gasteiger partial charge on any atom is -0.292 e. The second kappa shape index (κ2) is 7.76. The number of carbonyl (C=O) groups excluding carboxylic acids is 1. The molecule has 0 saturated heterocycles. The lowest BCUT2D eigenvalue weighted by molar-refractivity contribution is 0.0969. The fourth-order valence-corrected chi connectivity index (χ4v) is 4.41. The van der Waals surface area contributed by atoms with Gasteiger partial charge in [0.1, 0.15) is 10.7 Å². The molecule has 4 rings (SSSR count). The van der Waals surface area contributed by atoms with Gasteiger partial charge in [0.25, 0.3) is 5.56 Å². The fourth-order valence-electron chi connectivity index (χ4n) is 3.34. The average Bonchev–Trinajstić information content (AvgIpc) is 3.16. The predicted octanol–water partition coefficient (Wildman–Crippen LogP) is 5.44. The van der Waals surface area contributed by atoms with Gasteiger partial charge in [-0.05, 0) is 30.0 Å². The zero-order chi connectivity index (χ0) is 20.5. The van der Waals surface area contributed by atoms with E-state index in [4.69, 9.17) is 0 Å². The van der Waals surface area contributed by atoms with E-state index in [0.717, 1.165) is 10.4 Å². The molecule has 0 saturated carbocycles. The van der Waals surface area contributed by atoms with Crippen molar-refractivity contribution in [1.29, 1.82) is 0 Å². The summed E-state index contributed by atoms with van der Waals surface area (Å²) in [5.74, 6) is 0.870. The third kappa shape index (κ3) is 3.78. The van der Waals surface area contributed by atoms with Gasteiger partial charge in [0.05, 0.1) is 11.9 Å². The van der Waals surface area contributed by atoms with E-state index >= 15 is 0 Å². The minimum atomic E-state index is -0.168. The molecule has 0 radical (unpaired) electrons. The number of rotatable bonds is 5. The summed E-state index contributed by atoms with van der Waals surface area (Å²) in [5, 5.41) is 0.558. The largest absolute Gasteiger partial charge is 0.292 e. The van der Waals surface area contributed by atoms with Crippen molar-refractivity contribution in [2.24, 2.45) is 0 Å². The summed E-state index contributed by atoms with van der Waals surface area (Å²) in [5.41, 5.74) is 2.68. The van der Waals surface area contributed by atoms with Crippen LogP contribution in [-0.2, 0) is 6.54 Å². The van der Waals surface area contributed by atoms with Gasteiger partial charge in [-0.25, -0.2) is 4.98 Å². The molecule has 0 N–H and O–H groups in total. The van der Waals surface area contributed by atoms with Crippen LogP contribution in [0.2, 0.25) is 0 Å². The standard InChI is InChI=1S/C24H22N2O2S/c1-15(2)17-9-11-18(12-10-17)21(27)14-26-16(3)25-23-20(24(26)28)13-22(29-23)19-7-5-4-6-8-19/h4-13,15H,14H2,1-3H3. The van der Waals surface area contributed by atoms with E-state index in [0.29, 0.717) is 27.5 Å². The van der Waals surface area contributed by atoms with E-state index in [1.54, 1.807) is 6.92 Å². The molecule has 5 heteroatoms. The maximum absolute atomic E-state index is 13.1. The molecule has 2 heterocycles. The number of thiophene rings is 1. The Balaban J connectivity index is 1.68. The molecule has 0 aliphatic rings. The van der Waals surface area contributed by atoms with Gasteiger partial charge in [-0.1, -0.05) is 68.4 Å². The second-order valence-corrected chi connectivity index (χ2v) is 8.48. The molecule has 0 fully saturated rings. The number of benzene rings is 2. The molecule has 0 unspecified atom stereocenters. The first-order chi connectivity index (χ1) is 13.9. The topological polar surface area (TPSA) is 52.0 Å². The van der Waals surface area contributed by atoms with Gasteiger partial charge in [-0.3, -0.25) is 14.2 Å². The van der Waals surface area contributed by atoms with Crippen LogP contribution in [0.15, 0.2) is 65.5 Å². The Bertz CT molecular complexity index is 1240. The molecule has 4 nitrogen and oxygen atoms in total. The molecule has 2 aromatic carbocycles. The SMILES string of the molecule is Cc1nc2sc(-c3ccccc3)cc2c(=O)n1CC(=O)c1ccc(C(C)C)cc1.